The Hall–Kier alpha value is -0.0600. The summed E-state index contributed by atoms with van der Waals surface area (Å²) < 4.78 is 2.09. The fraction of sp³-hybridized carbons (Fsp3) is 0.500. The summed E-state index contributed by atoms with van der Waals surface area (Å²) in [6.07, 6.45) is 0.620. The molecule has 0 amide bonds. The van der Waals surface area contributed by atoms with Crippen LogP contribution in [-0.4, -0.2) is 17.3 Å². The van der Waals surface area contributed by atoms with Crippen molar-refractivity contribution in [1.82, 2.24) is 0 Å². The zero-order chi connectivity index (χ0) is 11.9. The SMILES string of the molecule is CC1(C)C(O)CC1Nc1ccc(Br)cc1Br. The molecule has 1 aromatic rings. The highest BCUT2D eigenvalue weighted by Gasteiger charge is 2.47. The van der Waals surface area contributed by atoms with E-state index in [0.29, 0.717) is 6.04 Å². The number of anilines is 1. The van der Waals surface area contributed by atoms with Crippen molar-refractivity contribution in [1.29, 1.82) is 0 Å². The van der Waals surface area contributed by atoms with Crippen LogP contribution >= 0.6 is 31.9 Å². The van der Waals surface area contributed by atoms with Crippen molar-refractivity contribution in [3.05, 3.63) is 27.1 Å². The van der Waals surface area contributed by atoms with Gasteiger partial charge in [0.2, 0.25) is 0 Å². The van der Waals surface area contributed by atoms with E-state index in [4.69, 9.17) is 0 Å². The molecule has 2 rings (SSSR count). The second-order valence-corrected chi connectivity index (χ2v) is 6.66. The van der Waals surface area contributed by atoms with Crippen molar-refractivity contribution in [2.45, 2.75) is 32.4 Å². The molecule has 2 N–H and O–H groups in total. The van der Waals surface area contributed by atoms with Crippen LogP contribution in [0.25, 0.3) is 0 Å². The quantitative estimate of drug-likeness (QED) is 0.852. The largest absolute Gasteiger partial charge is 0.392 e. The number of rotatable bonds is 2. The number of aliphatic hydroxyl groups is 1. The van der Waals surface area contributed by atoms with E-state index in [1.165, 1.54) is 0 Å². The van der Waals surface area contributed by atoms with E-state index in [-0.39, 0.29) is 11.5 Å². The van der Waals surface area contributed by atoms with Crippen LogP contribution in [0.3, 0.4) is 0 Å². The van der Waals surface area contributed by atoms with Gasteiger partial charge in [-0.2, -0.15) is 0 Å². The summed E-state index contributed by atoms with van der Waals surface area (Å²) >= 11 is 6.95. The van der Waals surface area contributed by atoms with Gasteiger partial charge in [0.05, 0.1) is 6.10 Å². The summed E-state index contributed by atoms with van der Waals surface area (Å²) in [7, 11) is 0. The van der Waals surface area contributed by atoms with E-state index >= 15 is 0 Å². The Morgan fingerprint density at radius 2 is 2.06 bits per heavy atom. The minimum absolute atomic E-state index is 0.0491. The van der Waals surface area contributed by atoms with E-state index in [9.17, 15) is 5.11 Å². The number of hydrogen-bond acceptors (Lipinski definition) is 2. The number of hydrogen-bond donors (Lipinski definition) is 2. The Balaban J connectivity index is 2.11. The lowest BCUT2D eigenvalue weighted by Crippen LogP contribution is -2.56. The maximum absolute atomic E-state index is 9.68. The summed E-state index contributed by atoms with van der Waals surface area (Å²) in [6.45, 7) is 4.18. The fourth-order valence-corrected chi connectivity index (χ4v) is 3.10. The smallest absolute Gasteiger partial charge is 0.0630 e. The van der Waals surface area contributed by atoms with Crippen LogP contribution in [0.2, 0.25) is 0 Å². The molecule has 0 aromatic heterocycles. The van der Waals surface area contributed by atoms with E-state index < -0.39 is 0 Å². The molecule has 2 atom stereocenters. The molecule has 0 saturated heterocycles. The van der Waals surface area contributed by atoms with Crippen LogP contribution in [0.1, 0.15) is 20.3 Å². The minimum atomic E-state index is -0.195. The molecule has 88 valence electrons. The molecular formula is C12H15Br2NO. The Kier molecular flexibility index (Phi) is 3.34. The van der Waals surface area contributed by atoms with E-state index in [1.807, 2.05) is 18.2 Å². The van der Waals surface area contributed by atoms with Crippen LogP contribution in [0.4, 0.5) is 5.69 Å². The summed E-state index contributed by atoms with van der Waals surface area (Å²) in [4.78, 5) is 0. The monoisotopic (exact) mass is 347 g/mol. The number of benzene rings is 1. The molecule has 2 nitrogen and oxygen atoms in total. The van der Waals surface area contributed by atoms with Gasteiger partial charge in [-0.25, -0.2) is 0 Å². The first-order chi connectivity index (χ1) is 7.41. The molecule has 2 unspecified atom stereocenters. The number of halogens is 2. The third-order valence-electron chi connectivity index (χ3n) is 3.48. The first-order valence-electron chi connectivity index (χ1n) is 5.31. The highest BCUT2D eigenvalue weighted by Crippen LogP contribution is 2.43. The fourth-order valence-electron chi connectivity index (χ4n) is 1.94. The van der Waals surface area contributed by atoms with Gasteiger partial charge in [0.1, 0.15) is 0 Å². The van der Waals surface area contributed by atoms with Gasteiger partial charge in [-0.1, -0.05) is 29.8 Å². The van der Waals surface area contributed by atoms with Crippen molar-refractivity contribution in [3.8, 4) is 0 Å². The molecule has 0 spiro atoms. The van der Waals surface area contributed by atoms with Crippen LogP contribution < -0.4 is 5.32 Å². The molecular weight excluding hydrogens is 334 g/mol. The Labute approximate surface area is 113 Å². The molecule has 1 aliphatic rings. The Morgan fingerprint density at radius 1 is 1.38 bits per heavy atom. The van der Waals surface area contributed by atoms with E-state index in [2.05, 4.69) is 51.0 Å². The molecule has 1 aromatic carbocycles. The van der Waals surface area contributed by atoms with Crippen molar-refractivity contribution in [3.63, 3.8) is 0 Å². The van der Waals surface area contributed by atoms with Gasteiger partial charge in [-0.05, 0) is 40.5 Å². The average molecular weight is 349 g/mol. The molecule has 0 bridgehead atoms. The first kappa shape index (κ1) is 12.4. The lowest BCUT2D eigenvalue weighted by Gasteiger charge is -2.50. The molecule has 4 heteroatoms. The highest BCUT2D eigenvalue weighted by atomic mass is 79.9. The maximum Gasteiger partial charge on any atom is 0.0630 e. The minimum Gasteiger partial charge on any atom is -0.392 e. The second kappa shape index (κ2) is 4.31. The summed E-state index contributed by atoms with van der Waals surface area (Å²) in [5, 5.41) is 13.1. The molecule has 0 heterocycles. The van der Waals surface area contributed by atoms with Crippen LogP contribution in [0, 0.1) is 5.41 Å². The van der Waals surface area contributed by atoms with Gasteiger partial charge in [0.15, 0.2) is 0 Å². The van der Waals surface area contributed by atoms with E-state index in [0.717, 1.165) is 21.1 Å². The van der Waals surface area contributed by atoms with Gasteiger partial charge in [0, 0.05) is 26.1 Å². The summed E-state index contributed by atoms with van der Waals surface area (Å²) in [6, 6.07) is 6.40. The van der Waals surface area contributed by atoms with Crippen molar-refractivity contribution in [2.24, 2.45) is 5.41 Å². The molecule has 0 aliphatic heterocycles. The van der Waals surface area contributed by atoms with Gasteiger partial charge >= 0.3 is 0 Å². The lowest BCUT2D eigenvalue weighted by molar-refractivity contribution is -0.0510. The zero-order valence-corrected chi connectivity index (χ0v) is 12.5. The predicted molar refractivity (Wildman–Crippen MR) is 73.7 cm³/mol. The lowest BCUT2D eigenvalue weighted by atomic mass is 9.64. The average Bonchev–Trinajstić information content (AvgIpc) is 2.21. The molecule has 16 heavy (non-hydrogen) atoms. The normalized spacial score (nSPS) is 27.3. The molecule has 1 fully saturated rings. The first-order valence-corrected chi connectivity index (χ1v) is 6.89. The number of aliphatic hydroxyl groups excluding tert-OH is 1. The molecule has 0 radical (unpaired) electrons. The van der Waals surface area contributed by atoms with Crippen molar-refractivity contribution in [2.75, 3.05) is 5.32 Å². The number of nitrogens with one attached hydrogen (secondary N) is 1. The second-order valence-electron chi connectivity index (χ2n) is 4.89. The maximum atomic E-state index is 9.68. The van der Waals surface area contributed by atoms with Gasteiger partial charge in [0.25, 0.3) is 0 Å². The Bertz CT molecular complexity index is 406. The van der Waals surface area contributed by atoms with Crippen molar-refractivity contribution >= 4 is 37.5 Å². The molecule has 1 saturated carbocycles. The predicted octanol–water partition coefficient (Wildman–Crippen LogP) is 3.78. The summed E-state index contributed by atoms with van der Waals surface area (Å²) in [5.41, 5.74) is 1.03. The van der Waals surface area contributed by atoms with Crippen molar-refractivity contribution < 1.29 is 5.11 Å². The van der Waals surface area contributed by atoms with Crippen LogP contribution in [0.5, 0.6) is 0 Å². The zero-order valence-electron chi connectivity index (χ0n) is 9.30. The van der Waals surface area contributed by atoms with Gasteiger partial charge in [-0.3, -0.25) is 0 Å². The standard InChI is InChI=1S/C12H15Br2NO/c1-12(2)10(6-11(12)16)15-9-4-3-7(13)5-8(9)14/h3-5,10-11,15-16H,6H2,1-2H3. The van der Waals surface area contributed by atoms with Gasteiger partial charge in [-0.15, -0.1) is 0 Å². The summed E-state index contributed by atoms with van der Waals surface area (Å²) in [5.74, 6) is 0. The third kappa shape index (κ3) is 2.15. The van der Waals surface area contributed by atoms with Crippen LogP contribution in [-0.2, 0) is 0 Å². The Morgan fingerprint density at radius 3 is 2.56 bits per heavy atom. The van der Waals surface area contributed by atoms with E-state index in [1.54, 1.807) is 0 Å². The van der Waals surface area contributed by atoms with Crippen LogP contribution in [0.15, 0.2) is 27.1 Å². The highest BCUT2D eigenvalue weighted by molar-refractivity contribution is 9.11. The molecule has 1 aliphatic carbocycles. The topological polar surface area (TPSA) is 32.3 Å². The third-order valence-corrected chi connectivity index (χ3v) is 4.63. The van der Waals surface area contributed by atoms with Gasteiger partial charge < -0.3 is 10.4 Å².